The first-order valence-electron chi connectivity index (χ1n) is 9.60. The van der Waals surface area contributed by atoms with Crippen LogP contribution in [0, 0.1) is 6.92 Å². The number of benzene rings is 1. The molecule has 2 aromatic rings. The van der Waals surface area contributed by atoms with Gasteiger partial charge in [0, 0.05) is 37.1 Å². The minimum absolute atomic E-state index is 0.0577. The number of likely N-dealkylation sites (tertiary alicyclic amines) is 1. The van der Waals surface area contributed by atoms with Gasteiger partial charge in [0.05, 0.1) is 12.2 Å². The van der Waals surface area contributed by atoms with Crippen molar-refractivity contribution in [1.29, 1.82) is 0 Å². The molecular formula is C21H23N5O3. The molecular weight excluding hydrogens is 370 g/mol. The van der Waals surface area contributed by atoms with E-state index in [2.05, 4.69) is 21.9 Å². The van der Waals surface area contributed by atoms with Crippen LogP contribution >= 0.6 is 0 Å². The third-order valence-electron chi connectivity index (χ3n) is 5.10. The van der Waals surface area contributed by atoms with Crippen molar-refractivity contribution in [1.82, 2.24) is 14.9 Å². The van der Waals surface area contributed by atoms with Crippen LogP contribution in [0.4, 0.5) is 11.6 Å². The number of ether oxygens (including phenoxy) is 1. The van der Waals surface area contributed by atoms with Crippen LogP contribution < -0.4 is 15.0 Å². The average molecular weight is 393 g/mol. The molecule has 1 N–H and O–H groups in total. The second kappa shape index (κ2) is 7.90. The molecule has 8 nitrogen and oxygen atoms in total. The highest BCUT2D eigenvalue weighted by Crippen LogP contribution is 2.33. The highest BCUT2D eigenvalue weighted by molar-refractivity contribution is 6.03. The number of aryl methyl sites for hydroxylation is 1. The number of fused-ring (bicyclic) bond motifs is 1. The van der Waals surface area contributed by atoms with E-state index in [1.165, 1.54) is 6.08 Å². The molecule has 0 unspecified atom stereocenters. The number of aromatic nitrogens is 2. The van der Waals surface area contributed by atoms with Crippen molar-refractivity contribution >= 4 is 23.5 Å². The predicted molar refractivity (Wildman–Crippen MR) is 109 cm³/mol. The number of anilines is 2. The monoisotopic (exact) mass is 393 g/mol. The first-order chi connectivity index (χ1) is 14.0. The van der Waals surface area contributed by atoms with Crippen LogP contribution in [-0.4, -0.2) is 59.0 Å². The summed E-state index contributed by atoms with van der Waals surface area (Å²) >= 11 is 0. The number of nitrogens with zero attached hydrogens (tertiary/aromatic N) is 4. The lowest BCUT2D eigenvalue weighted by Crippen LogP contribution is -2.37. The number of carbonyl (C=O) groups excluding carboxylic acids is 2. The Labute approximate surface area is 169 Å². The van der Waals surface area contributed by atoms with Crippen molar-refractivity contribution in [3.63, 3.8) is 0 Å². The zero-order valence-electron chi connectivity index (χ0n) is 16.3. The van der Waals surface area contributed by atoms with Gasteiger partial charge in [0.25, 0.3) is 11.8 Å². The molecule has 2 amide bonds. The zero-order valence-corrected chi connectivity index (χ0v) is 16.3. The maximum atomic E-state index is 13.0. The molecule has 2 aliphatic rings. The molecule has 2 aliphatic heterocycles. The Balaban J connectivity index is 1.44. The summed E-state index contributed by atoms with van der Waals surface area (Å²) in [4.78, 5) is 36.9. The van der Waals surface area contributed by atoms with E-state index >= 15 is 0 Å². The Morgan fingerprint density at radius 2 is 2.07 bits per heavy atom. The number of hydrogen-bond donors (Lipinski definition) is 1. The van der Waals surface area contributed by atoms with E-state index in [-0.39, 0.29) is 17.9 Å². The number of hydrogen-bond acceptors (Lipinski definition) is 6. The van der Waals surface area contributed by atoms with Gasteiger partial charge in [-0.3, -0.25) is 9.59 Å². The van der Waals surface area contributed by atoms with E-state index in [0.717, 1.165) is 12.0 Å². The fourth-order valence-corrected chi connectivity index (χ4v) is 3.59. The summed E-state index contributed by atoms with van der Waals surface area (Å²) < 4.78 is 5.68. The Morgan fingerprint density at radius 1 is 1.28 bits per heavy atom. The van der Waals surface area contributed by atoms with E-state index in [1.54, 1.807) is 35.5 Å². The van der Waals surface area contributed by atoms with Crippen LogP contribution in [0.5, 0.6) is 5.75 Å². The first kappa shape index (κ1) is 18.9. The van der Waals surface area contributed by atoms with Crippen LogP contribution in [0.15, 0.2) is 43.2 Å². The van der Waals surface area contributed by atoms with Gasteiger partial charge in [-0.15, -0.1) is 0 Å². The molecule has 0 saturated carbocycles. The molecule has 1 saturated heterocycles. The predicted octanol–water partition coefficient (Wildman–Crippen LogP) is 2.02. The molecule has 4 rings (SSSR count). The van der Waals surface area contributed by atoms with Gasteiger partial charge in [-0.25, -0.2) is 9.97 Å². The van der Waals surface area contributed by atoms with Crippen LogP contribution in [0.25, 0.3) is 0 Å². The van der Waals surface area contributed by atoms with Crippen molar-refractivity contribution in [3.8, 4) is 5.75 Å². The molecule has 1 atom stereocenters. The van der Waals surface area contributed by atoms with Gasteiger partial charge in [-0.1, -0.05) is 6.58 Å². The highest BCUT2D eigenvalue weighted by Gasteiger charge is 2.29. The Kier molecular flexibility index (Phi) is 5.16. The summed E-state index contributed by atoms with van der Waals surface area (Å²) in [5.74, 6) is 0.876. The summed E-state index contributed by atoms with van der Waals surface area (Å²) in [5, 5.41) is 3.28. The molecule has 0 aliphatic carbocycles. The number of rotatable bonds is 4. The van der Waals surface area contributed by atoms with E-state index < -0.39 is 0 Å². The minimum Gasteiger partial charge on any atom is -0.490 e. The maximum Gasteiger partial charge on any atom is 0.254 e. The van der Waals surface area contributed by atoms with E-state index in [4.69, 9.17) is 4.74 Å². The minimum atomic E-state index is -0.180. The van der Waals surface area contributed by atoms with Gasteiger partial charge in [0.15, 0.2) is 0 Å². The van der Waals surface area contributed by atoms with E-state index in [0.29, 0.717) is 49.2 Å². The topological polar surface area (TPSA) is 87.7 Å². The molecule has 8 heteroatoms. The molecule has 1 aromatic carbocycles. The third kappa shape index (κ3) is 3.91. The summed E-state index contributed by atoms with van der Waals surface area (Å²) in [6.07, 6.45) is 5.64. The summed E-state index contributed by atoms with van der Waals surface area (Å²) in [6.45, 7) is 7.56. The molecule has 150 valence electrons. The Hall–Kier alpha value is -3.42. The largest absolute Gasteiger partial charge is 0.490 e. The lowest BCUT2D eigenvalue weighted by atomic mass is 10.1. The molecule has 0 radical (unpaired) electrons. The Morgan fingerprint density at radius 3 is 2.83 bits per heavy atom. The van der Waals surface area contributed by atoms with Crippen molar-refractivity contribution in [2.75, 3.05) is 36.5 Å². The highest BCUT2D eigenvalue weighted by atomic mass is 16.5. The lowest BCUT2D eigenvalue weighted by Gasteiger charge is -2.29. The standard InChI is InChI=1S/C21H23N5O3/c1-3-19(27)26-8-9-29-18-10-15(4-5-17(18)26)20(28)25-7-6-16(13-25)24-21-22-11-14(2)12-23-21/h3-5,10-12,16H,1,6-9,13H2,2H3,(H,22,23,24)/t16-/m1/s1. The molecule has 29 heavy (non-hydrogen) atoms. The smallest absolute Gasteiger partial charge is 0.254 e. The van der Waals surface area contributed by atoms with Gasteiger partial charge in [-0.05, 0) is 43.2 Å². The Bertz CT molecular complexity index is 944. The van der Waals surface area contributed by atoms with Gasteiger partial charge < -0.3 is 19.9 Å². The van der Waals surface area contributed by atoms with Crippen molar-refractivity contribution in [3.05, 3.63) is 54.4 Å². The quantitative estimate of drug-likeness (QED) is 0.800. The molecule has 0 bridgehead atoms. The lowest BCUT2D eigenvalue weighted by molar-refractivity contribution is -0.114. The van der Waals surface area contributed by atoms with Crippen LogP contribution in [0.2, 0.25) is 0 Å². The van der Waals surface area contributed by atoms with E-state index in [1.807, 2.05) is 11.8 Å². The molecule has 3 heterocycles. The third-order valence-corrected chi connectivity index (χ3v) is 5.10. The van der Waals surface area contributed by atoms with E-state index in [9.17, 15) is 9.59 Å². The van der Waals surface area contributed by atoms with Crippen molar-refractivity contribution in [2.45, 2.75) is 19.4 Å². The number of nitrogens with one attached hydrogen (secondary N) is 1. The average Bonchev–Trinajstić information content (AvgIpc) is 3.22. The normalized spacial score (nSPS) is 18.0. The fraction of sp³-hybridized carbons (Fsp3) is 0.333. The van der Waals surface area contributed by atoms with Gasteiger partial charge in [0.2, 0.25) is 5.95 Å². The maximum absolute atomic E-state index is 13.0. The molecule has 1 aromatic heterocycles. The van der Waals surface area contributed by atoms with Crippen LogP contribution in [0.1, 0.15) is 22.3 Å². The fourth-order valence-electron chi connectivity index (χ4n) is 3.59. The SMILES string of the molecule is C=CC(=O)N1CCOc2cc(C(=O)N3CC[C@@H](Nc4ncc(C)cn4)C3)ccc21. The van der Waals surface area contributed by atoms with Crippen LogP contribution in [-0.2, 0) is 4.79 Å². The van der Waals surface area contributed by atoms with Crippen LogP contribution in [0.3, 0.4) is 0 Å². The molecule has 1 fully saturated rings. The van der Waals surface area contributed by atoms with Gasteiger partial charge in [-0.2, -0.15) is 0 Å². The summed E-state index contributed by atoms with van der Waals surface area (Å²) in [6, 6.07) is 5.32. The summed E-state index contributed by atoms with van der Waals surface area (Å²) in [7, 11) is 0. The number of carbonyl (C=O) groups is 2. The van der Waals surface area contributed by atoms with Crippen molar-refractivity contribution in [2.24, 2.45) is 0 Å². The van der Waals surface area contributed by atoms with Gasteiger partial charge >= 0.3 is 0 Å². The zero-order chi connectivity index (χ0) is 20.4. The number of amides is 2. The first-order valence-corrected chi connectivity index (χ1v) is 9.60. The summed E-state index contributed by atoms with van der Waals surface area (Å²) in [5.41, 5.74) is 2.21. The molecule has 0 spiro atoms. The van der Waals surface area contributed by atoms with Crippen molar-refractivity contribution < 1.29 is 14.3 Å². The van der Waals surface area contributed by atoms with Gasteiger partial charge in [0.1, 0.15) is 12.4 Å². The second-order valence-corrected chi connectivity index (χ2v) is 7.19. The second-order valence-electron chi connectivity index (χ2n) is 7.19.